The molecule has 1 aliphatic rings. The largest absolute Gasteiger partial charge is 0.504 e. The predicted octanol–water partition coefficient (Wildman–Crippen LogP) is 1.00. The number of hydrogen-bond acceptors (Lipinski definition) is 6. The van der Waals surface area contributed by atoms with E-state index in [1.807, 2.05) is 0 Å². The van der Waals surface area contributed by atoms with E-state index >= 15 is 0 Å². The van der Waals surface area contributed by atoms with Gasteiger partial charge in [0, 0.05) is 0 Å². The minimum Gasteiger partial charge on any atom is -0.504 e. The summed E-state index contributed by atoms with van der Waals surface area (Å²) in [5, 5.41) is 13.3. The highest BCUT2D eigenvalue weighted by Gasteiger charge is 2.33. The van der Waals surface area contributed by atoms with Gasteiger partial charge in [0.1, 0.15) is 0 Å². The lowest BCUT2D eigenvalue weighted by Gasteiger charge is -2.20. The fourth-order valence-corrected chi connectivity index (χ4v) is 1.94. The molecule has 0 spiro atoms. The summed E-state index contributed by atoms with van der Waals surface area (Å²) in [5.41, 5.74) is 3.09. The first-order valence-electron chi connectivity index (χ1n) is 6.49. The number of amides is 1. The highest BCUT2D eigenvalue weighted by atomic mass is 16.7. The van der Waals surface area contributed by atoms with E-state index in [0.717, 1.165) is 0 Å². The zero-order valence-electron chi connectivity index (χ0n) is 12.0. The number of ether oxygens (including phenoxy) is 3. The summed E-state index contributed by atoms with van der Waals surface area (Å²) in [4.78, 5) is 11.7. The van der Waals surface area contributed by atoms with Crippen molar-refractivity contribution in [1.29, 1.82) is 0 Å². The molecule has 1 amide bonds. The number of hydrazone groups is 1. The zero-order valence-corrected chi connectivity index (χ0v) is 12.0. The van der Waals surface area contributed by atoms with Crippen molar-refractivity contribution in [2.45, 2.75) is 19.1 Å². The Balaban J connectivity index is 1.88. The third kappa shape index (κ3) is 4.17. The van der Waals surface area contributed by atoms with Crippen molar-refractivity contribution in [3.05, 3.63) is 23.8 Å². The average molecular weight is 294 g/mol. The number of aromatic hydroxyl groups is 1. The number of methoxy groups -OCH3 is 1. The maximum Gasteiger partial charge on any atom is 0.245 e. The number of phenolic OH excluding ortho intramolecular Hbond substituents is 1. The van der Waals surface area contributed by atoms with E-state index in [9.17, 15) is 9.90 Å². The zero-order chi connectivity index (χ0) is 15.3. The average Bonchev–Trinajstić information content (AvgIpc) is 2.87. The molecule has 7 heteroatoms. The van der Waals surface area contributed by atoms with Crippen LogP contribution in [-0.2, 0) is 14.3 Å². The Bertz CT molecular complexity index is 538. The summed E-state index contributed by atoms with van der Waals surface area (Å²) in [6, 6.07) is 4.75. The number of nitrogens with zero attached hydrogens (tertiary/aromatic N) is 1. The monoisotopic (exact) mass is 294 g/mol. The van der Waals surface area contributed by atoms with Gasteiger partial charge >= 0.3 is 0 Å². The molecule has 0 atom stereocenters. The predicted molar refractivity (Wildman–Crippen MR) is 75.3 cm³/mol. The summed E-state index contributed by atoms with van der Waals surface area (Å²) in [6.07, 6.45) is 1.53. The van der Waals surface area contributed by atoms with Gasteiger partial charge in [-0.3, -0.25) is 4.79 Å². The van der Waals surface area contributed by atoms with Crippen LogP contribution in [0.4, 0.5) is 0 Å². The fraction of sp³-hybridized carbons (Fsp3) is 0.429. The minimum absolute atomic E-state index is 0.0436. The minimum atomic E-state index is -0.874. The first-order valence-corrected chi connectivity index (χ1v) is 6.49. The quantitative estimate of drug-likeness (QED) is 0.625. The summed E-state index contributed by atoms with van der Waals surface area (Å²) in [6.45, 7) is 2.69. The van der Waals surface area contributed by atoms with Gasteiger partial charge in [-0.2, -0.15) is 5.10 Å². The van der Waals surface area contributed by atoms with Crippen molar-refractivity contribution >= 4 is 12.1 Å². The summed E-state index contributed by atoms with van der Waals surface area (Å²) in [5.74, 6) is -0.796. The Morgan fingerprint density at radius 1 is 1.52 bits per heavy atom. The van der Waals surface area contributed by atoms with E-state index in [1.165, 1.54) is 19.4 Å². The third-order valence-electron chi connectivity index (χ3n) is 2.99. The molecule has 0 aliphatic carbocycles. The number of nitrogens with one attached hydrogen (secondary N) is 1. The van der Waals surface area contributed by atoms with Crippen LogP contribution >= 0.6 is 0 Å². The van der Waals surface area contributed by atoms with E-state index in [4.69, 9.17) is 14.2 Å². The second-order valence-corrected chi connectivity index (χ2v) is 4.73. The van der Waals surface area contributed by atoms with E-state index < -0.39 is 5.79 Å². The Morgan fingerprint density at radius 3 is 2.90 bits per heavy atom. The van der Waals surface area contributed by atoms with E-state index in [2.05, 4.69) is 10.5 Å². The Labute approximate surface area is 122 Å². The van der Waals surface area contributed by atoms with Crippen molar-refractivity contribution in [3.8, 4) is 11.5 Å². The molecule has 1 fully saturated rings. The van der Waals surface area contributed by atoms with Crippen molar-refractivity contribution in [1.82, 2.24) is 5.43 Å². The molecule has 7 nitrogen and oxygen atoms in total. The van der Waals surface area contributed by atoms with Crippen LogP contribution in [0.5, 0.6) is 11.5 Å². The molecule has 1 aromatic rings. The normalized spacial score (nSPS) is 17.0. The van der Waals surface area contributed by atoms with Gasteiger partial charge in [-0.1, -0.05) is 0 Å². The molecule has 1 saturated heterocycles. The van der Waals surface area contributed by atoms with Crippen LogP contribution < -0.4 is 10.2 Å². The number of carbonyl (C=O) groups is 1. The molecule has 21 heavy (non-hydrogen) atoms. The van der Waals surface area contributed by atoms with Gasteiger partial charge in [-0.15, -0.1) is 0 Å². The SMILES string of the molecule is COc1cc(/C=N/NC(=O)CC2(C)OCCO2)ccc1O. The number of benzene rings is 1. The van der Waals surface area contributed by atoms with Crippen molar-refractivity contribution in [2.24, 2.45) is 5.10 Å². The molecule has 0 aromatic heterocycles. The molecule has 0 saturated carbocycles. The molecular formula is C14H18N2O5. The molecule has 2 N–H and O–H groups in total. The third-order valence-corrected chi connectivity index (χ3v) is 2.99. The lowest BCUT2D eigenvalue weighted by Crippen LogP contribution is -2.33. The van der Waals surface area contributed by atoms with Gasteiger partial charge in [0.25, 0.3) is 0 Å². The molecule has 1 aromatic carbocycles. The number of hydrogen-bond donors (Lipinski definition) is 2. The molecule has 114 valence electrons. The maximum absolute atomic E-state index is 11.7. The summed E-state index contributed by atoms with van der Waals surface area (Å²) in [7, 11) is 1.46. The summed E-state index contributed by atoms with van der Waals surface area (Å²) < 4.78 is 15.7. The fourth-order valence-electron chi connectivity index (χ4n) is 1.94. The highest BCUT2D eigenvalue weighted by Crippen LogP contribution is 2.25. The molecule has 1 heterocycles. The summed E-state index contributed by atoms with van der Waals surface area (Å²) >= 11 is 0. The Kier molecular flexibility index (Phi) is 4.77. The maximum atomic E-state index is 11.7. The lowest BCUT2D eigenvalue weighted by atomic mass is 10.2. The highest BCUT2D eigenvalue weighted by molar-refractivity contribution is 5.83. The van der Waals surface area contributed by atoms with Gasteiger partial charge in [0.15, 0.2) is 17.3 Å². The Hall–Kier alpha value is -2.12. The Morgan fingerprint density at radius 2 is 2.24 bits per heavy atom. The number of carbonyl (C=O) groups excluding carboxylic acids is 1. The van der Waals surface area contributed by atoms with Crippen LogP contribution in [0.15, 0.2) is 23.3 Å². The van der Waals surface area contributed by atoms with E-state index in [1.54, 1.807) is 19.1 Å². The van der Waals surface area contributed by atoms with E-state index in [0.29, 0.717) is 24.5 Å². The number of phenols is 1. The van der Waals surface area contributed by atoms with Gasteiger partial charge < -0.3 is 19.3 Å². The molecule has 2 rings (SSSR count). The smallest absolute Gasteiger partial charge is 0.245 e. The number of rotatable bonds is 5. The van der Waals surface area contributed by atoms with Gasteiger partial charge in [-0.25, -0.2) is 5.43 Å². The van der Waals surface area contributed by atoms with Crippen LogP contribution in [-0.4, -0.2) is 43.3 Å². The van der Waals surface area contributed by atoms with Crippen LogP contribution in [0.3, 0.4) is 0 Å². The molecule has 1 aliphatic heterocycles. The standard InChI is InChI=1S/C14H18N2O5/c1-14(20-5-6-21-14)8-13(18)16-15-9-10-3-4-11(17)12(7-10)19-2/h3-4,7,9,17H,5-6,8H2,1-2H3,(H,16,18)/b15-9+. The van der Waals surface area contributed by atoms with Crippen molar-refractivity contribution < 1.29 is 24.1 Å². The van der Waals surface area contributed by atoms with Crippen LogP contribution in [0.1, 0.15) is 18.9 Å². The van der Waals surface area contributed by atoms with Crippen LogP contribution in [0.2, 0.25) is 0 Å². The second-order valence-electron chi connectivity index (χ2n) is 4.73. The molecular weight excluding hydrogens is 276 g/mol. The lowest BCUT2D eigenvalue weighted by molar-refractivity contribution is -0.159. The second kappa shape index (κ2) is 6.55. The van der Waals surface area contributed by atoms with E-state index in [-0.39, 0.29) is 18.1 Å². The van der Waals surface area contributed by atoms with Crippen LogP contribution in [0.25, 0.3) is 0 Å². The molecule has 0 radical (unpaired) electrons. The van der Waals surface area contributed by atoms with Gasteiger partial charge in [0.05, 0.1) is 33.0 Å². The first-order chi connectivity index (χ1) is 10.0. The van der Waals surface area contributed by atoms with Gasteiger partial charge in [-0.05, 0) is 30.7 Å². The first kappa shape index (κ1) is 15.3. The van der Waals surface area contributed by atoms with Crippen LogP contribution in [0, 0.1) is 0 Å². The topological polar surface area (TPSA) is 89.4 Å². The van der Waals surface area contributed by atoms with Crippen molar-refractivity contribution in [2.75, 3.05) is 20.3 Å². The van der Waals surface area contributed by atoms with Crippen molar-refractivity contribution in [3.63, 3.8) is 0 Å². The molecule has 0 bridgehead atoms. The molecule has 0 unspecified atom stereocenters. The van der Waals surface area contributed by atoms with Gasteiger partial charge in [0.2, 0.25) is 5.91 Å².